The topological polar surface area (TPSA) is 46.5 Å². The lowest BCUT2D eigenvalue weighted by Crippen LogP contribution is -1.90. The van der Waals surface area contributed by atoms with Gasteiger partial charge in [0.2, 0.25) is 5.13 Å². The Bertz CT molecular complexity index is 718. The quantitative estimate of drug-likeness (QED) is 0.586. The zero-order valence-electron chi connectivity index (χ0n) is 10.9. The van der Waals surface area contributed by atoms with Crippen LogP contribution in [0.5, 0.6) is 5.75 Å². The first-order valence-corrected chi connectivity index (χ1v) is 6.95. The maximum Gasteiger partial charge on any atom is 0.204 e. The van der Waals surface area contributed by atoms with Gasteiger partial charge in [-0.05, 0) is 29.8 Å². The fourth-order valence-corrected chi connectivity index (χ4v) is 2.62. The van der Waals surface area contributed by atoms with Crippen molar-refractivity contribution in [2.75, 3.05) is 12.5 Å². The molecule has 1 N–H and O–H groups in total. The van der Waals surface area contributed by atoms with Gasteiger partial charge in [0, 0.05) is 0 Å². The summed E-state index contributed by atoms with van der Waals surface area (Å²) in [7, 11) is 1.65. The summed E-state index contributed by atoms with van der Waals surface area (Å²) in [6.07, 6.45) is 1.74. The molecule has 4 nitrogen and oxygen atoms in total. The highest BCUT2D eigenvalue weighted by Crippen LogP contribution is 2.25. The minimum Gasteiger partial charge on any atom is -0.497 e. The number of nitrogens with zero attached hydrogens (tertiary/aromatic N) is 2. The highest BCUT2D eigenvalue weighted by Gasteiger charge is 2.00. The third-order valence-electron chi connectivity index (χ3n) is 2.76. The van der Waals surface area contributed by atoms with Crippen LogP contribution in [0.3, 0.4) is 0 Å². The van der Waals surface area contributed by atoms with E-state index in [2.05, 4.69) is 15.5 Å². The lowest BCUT2D eigenvalue weighted by atomic mass is 10.2. The number of aromatic nitrogens is 1. The number of ether oxygens (including phenoxy) is 1. The van der Waals surface area contributed by atoms with Crippen LogP contribution >= 0.6 is 11.3 Å². The number of hydrogen-bond acceptors (Lipinski definition) is 5. The molecule has 0 amide bonds. The van der Waals surface area contributed by atoms with Crippen molar-refractivity contribution in [3.8, 4) is 5.75 Å². The minimum atomic E-state index is 0.783. The second-order valence-electron chi connectivity index (χ2n) is 4.13. The van der Waals surface area contributed by atoms with Gasteiger partial charge < -0.3 is 4.74 Å². The van der Waals surface area contributed by atoms with Gasteiger partial charge in [0.05, 0.1) is 23.5 Å². The van der Waals surface area contributed by atoms with Crippen molar-refractivity contribution in [2.24, 2.45) is 5.10 Å². The number of hydrogen-bond donors (Lipinski definition) is 1. The molecule has 0 fully saturated rings. The summed E-state index contributed by atoms with van der Waals surface area (Å²) in [5.41, 5.74) is 4.91. The van der Waals surface area contributed by atoms with Crippen LogP contribution in [0.25, 0.3) is 10.2 Å². The molecule has 1 aromatic heterocycles. The van der Waals surface area contributed by atoms with Crippen molar-refractivity contribution in [1.82, 2.24) is 4.98 Å². The normalized spacial score (nSPS) is 11.1. The molecular formula is C15H13N3OS. The third-order valence-corrected chi connectivity index (χ3v) is 3.70. The Hall–Kier alpha value is -2.40. The molecule has 0 saturated carbocycles. The van der Waals surface area contributed by atoms with Crippen LogP contribution in [0, 0.1) is 0 Å². The van der Waals surface area contributed by atoms with E-state index < -0.39 is 0 Å². The fourth-order valence-electron chi connectivity index (χ4n) is 1.80. The largest absolute Gasteiger partial charge is 0.497 e. The van der Waals surface area contributed by atoms with Gasteiger partial charge in [-0.25, -0.2) is 4.98 Å². The smallest absolute Gasteiger partial charge is 0.204 e. The Labute approximate surface area is 120 Å². The van der Waals surface area contributed by atoms with E-state index in [1.54, 1.807) is 24.7 Å². The molecule has 0 aliphatic heterocycles. The van der Waals surface area contributed by atoms with Crippen molar-refractivity contribution in [1.29, 1.82) is 0 Å². The zero-order valence-corrected chi connectivity index (χ0v) is 11.7. The van der Waals surface area contributed by atoms with E-state index in [1.807, 2.05) is 48.5 Å². The Morgan fingerprint density at radius 2 is 2.10 bits per heavy atom. The molecule has 0 aliphatic carbocycles. The predicted molar refractivity (Wildman–Crippen MR) is 83.8 cm³/mol. The number of nitrogens with one attached hydrogen (secondary N) is 1. The number of methoxy groups -OCH3 is 1. The van der Waals surface area contributed by atoms with Gasteiger partial charge in [-0.3, -0.25) is 5.43 Å². The summed E-state index contributed by atoms with van der Waals surface area (Å²) in [5.74, 6) is 0.814. The second kappa shape index (κ2) is 5.71. The SMILES string of the molecule is COc1cccc(/C=N\Nc2nc3ccccc3s2)c1. The molecule has 20 heavy (non-hydrogen) atoms. The number of benzene rings is 2. The number of anilines is 1. The van der Waals surface area contributed by atoms with E-state index in [9.17, 15) is 0 Å². The number of thiazole rings is 1. The maximum absolute atomic E-state index is 5.17. The molecule has 3 aromatic rings. The summed E-state index contributed by atoms with van der Waals surface area (Å²) >= 11 is 1.58. The zero-order chi connectivity index (χ0) is 13.8. The van der Waals surface area contributed by atoms with Gasteiger partial charge in [0.15, 0.2) is 0 Å². The first-order valence-electron chi connectivity index (χ1n) is 6.14. The standard InChI is InChI=1S/C15H13N3OS/c1-19-12-6-4-5-11(9-12)10-16-18-15-17-13-7-2-3-8-14(13)20-15/h2-10H,1H3,(H,17,18)/b16-10-. The molecule has 0 aliphatic rings. The van der Waals surface area contributed by atoms with E-state index in [4.69, 9.17) is 4.74 Å². The van der Waals surface area contributed by atoms with Gasteiger partial charge in [-0.1, -0.05) is 35.6 Å². The first-order chi connectivity index (χ1) is 9.85. The van der Waals surface area contributed by atoms with E-state index in [1.165, 1.54) is 0 Å². The Morgan fingerprint density at radius 1 is 1.20 bits per heavy atom. The number of para-hydroxylation sites is 1. The average Bonchev–Trinajstić information content (AvgIpc) is 2.90. The predicted octanol–water partition coefficient (Wildman–Crippen LogP) is 3.75. The number of hydrazone groups is 1. The monoisotopic (exact) mass is 283 g/mol. The van der Waals surface area contributed by atoms with Gasteiger partial charge in [0.25, 0.3) is 0 Å². The van der Waals surface area contributed by atoms with E-state index in [0.717, 1.165) is 26.7 Å². The van der Waals surface area contributed by atoms with Crippen molar-refractivity contribution in [3.05, 3.63) is 54.1 Å². The fraction of sp³-hybridized carbons (Fsp3) is 0.0667. The molecule has 0 saturated heterocycles. The minimum absolute atomic E-state index is 0.783. The molecular weight excluding hydrogens is 270 g/mol. The maximum atomic E-state index is 5.17. The first kappa shape index (κ1) is 12.6. The highest BCUT2D eigenvalue weighted by atomic mass is 32.1. The van der Waals surface area contributed by atoms with Gasteiger partial charge in [0.1, 0.15) is 5.75 Å². The second-order valence-corrected chi connectivity index (χ2v) is 5.16. The van der Waals surface area contributed by atoms with E-state index in [0.29, 0.717) is 0 Å². The van der Waals surface area contributed by atoms with Gasteiger partial charge in [-0.15, -0.1) is 0 Å². The summed E-state index contributed by atoms with van der Waals surface area (Å²) in [6, 6.07) is 15.7. The molecule has 0 bridgehead atoms. The lowest BCUT2D eigenvalue weighted by molar-refractivity contribution is 0.415. The highest BCUT2D eigenvalue weighted by molar-refractivity contribution is 7.22. The molecule has 0 atom stereocenters. The molecule has 3 rings (SSSR count). The molecule has 5 heteroatoms. The Kier molecular flexibility index (Phi) is 3.60. The Balaban J connectivity index is 1.73. The summed E-state index contributed by atoms with van der Waals surface area (Å²) in [4.78, 5) is 4.45. The third kappa shape index (κ3) is 2.78. The molecule has 0 spiro atoms. The molecule has 0 unspecified atom stereocenters. The summed E-state index contributed by atoms with van der Waals surface area (Å²) in [5, 5.41) is 4.98. The van der Waals surface area contributed by atoms with Crippen LogP contribution in [-0.2, 0) is 0 Å². The van der Waals surface area contributed by atoms with Gasteiger partial charge >= 0.3 is 0 Å². The van der Waals surface area contributed by atoms with Crippen LogP contribution < -0.4 is 10.2 Å². The van der Waals surface area contributed by atoms with Crippen LogP contribution in [0.15, 0.2) is 53.6 Å². The average molecular weight is 283 g/mol. The molecule has 100 valence electrons. The lowest BCUT2D eigenvalue weighted by Gasteiger charge is -1.99. The van der Waals surface area contributed by atoms with Crippen LogP contribution in [0.4, 0.5) is 5.13 Å². The van der Waals surface area contributed by atoms with Crippen molar-refractivity contribution in [2.45, 2.75) is 0 Å². The van der Waals surface area contributed by atoms with Crippen molar-refractivity contribution in [3.63, 3.8) is 0 Å². The van der Waals surface area contributed by atoms with Gasteiger partial charge in [-0.2, -0.15) is 5.10 Å². The van der Waals surface area contributed by atoms with Crippen LogP contribution in [-0.4, -0.2) is 18.3 Å². The number of rotatable bonds is 4. The summed E-state index contributed by atoms with van der Waals surface area (Å²) < 4.78 is 6.31. The van der Waals surface area contributed by atoms with Crippen molar-refractivity contribution >= 4 is 32.9 Å². The van der Waals surface area contributed by atoms with Crippen LogP contribution in [0.2, 0.25) is 0 Å². The van der Waals surface area contributed by atoms with Crippen LogP contribution in [0.1, 0.15) is 5.56 Å². The van der Waals surface area contributed by atoms with E-state index in [-0.39, 0.29) is 0 Å². The van der Waals surface area contributed by atoms with Crippen molar-refractivity contribution < 1.29 is 4.74 Å². The molecule has 2 aromatic carbocycles. The Morgan fingerprint density at radius 3 is 2.95 bits per heavy atom. The number of fused-ring (bicyclic) bond motifs is 1. The molecule has 1 heterocycles. The van der Waals surface area contributed by atoms with E-state index >= 15 is 0 Å². The molecule has 0 radical (unpaired) electrons. The summed E-state index contributed by atoms with van der Waals surface area (Å²) in [6.45, 7) is 0.